The Morgan fingerprint density at radius 3 is 2.95 bits per heavy atom. The summed E-state index contributed by atoms with van der Waals surface area (Å²) < 4.78 is 6.90. The lowest BCUT2D eigenvalue weighted by Gasteiger charge is -2.13. The van der Waals surface area contributed by atoms with Crippen molar-refractivity contribution in [3.05, 3.63) is 16.8 Å². The van der Waals surface area contributed by atoms with Crippen molar-refractivity contribution in [1.82, 2.24) is 19.4 Å². The molecule has 0 aromatic carbocycles. The van der Waals surface area contributed by atoms with Crippen molar-refractivity contribution in [2.45, 2.75) is 38.2 Å². The largest absolute Gasteiger partial charge is 0.390 e. The molecule has 8 heteroatoms. The van der Waals surface area contributed by atoms with E-state index in [9.17, 15) is 9.90 Å². The number of aliphatic imine (C=N–C) groups is 1. The molecule has 0 radical (unpaired) electrons. The van der Waals surface area contributed by atoms with Gasteiger partial charge in [-0.25, -0.2) is 14.8 Å². The molecule has 1 N–H and O–H groups in total. The monoisotopic (exact) mass is 281 g/mol. The Labute approximate surface area is 116 Å². The van der Waals surface area contributed by atoms with Gasteiger partial charge in [0, 0.05) is 20.5 Å². The minimum absolute atomic E-state index is 0.102. The van der Waals surface area contributed by atoms with Crippen LogP contribution in [-0.4, -0.2) is 57.2 Å². The second kappa shape index (κ2) is 6.10. The summed E-state index contributed by atoms with van der Waals surface area (Å²) in [7, 11) is 3.62. The molecule has 8 nitrogen and oxygen atoms in total. The zero-order valence-electron chi connectivity index (χ0n) is 11.8. The Morgan fingerprint density at radius 1 is 1.65 bits per heavy atom. The molecule has 1 aromatic heterocycles. The Morgan fingerprint density at radius 2 is 2.40 bits per heavy atom. The van der Waals surface area contributed by atoms with Gasteiger partial charge in [0.1, 0.15) is 12.6 Å². The Kier molecular flexibility index (Phi) is 4.46. The first-order chi connectivity index (χ1) is 9.51. The van der Waals surface area contributed by atoms with Gasteiger partial charge in [-0.2, -0.15) is 4.98 Å². The summed E-state index contributed by atoms with van der Waals surface area (Å²) in [6.07, 6.45) is 2.59. The first-order valence-corrected chi connectivity index (χ1v) is 6.50. The number of aliphatic hydroxyl groups excluding tert-OH is 1. The van der Waals surface area contributed by atoms with Crippen LogP contribution in [0.1, 0.15) is 26.0 Å². The molecule has 0 spiro atoms. The summed E-state index contributed by atoms with van der Waals surface area (Å²) in [5.74, 6) is 0.102. The van der Waals surface area contributed by atoms with Crippen LogP contribution in [0, 0.1) is 0 Å². The van der Waals surface area contributed by atoms with E-state index in [4.69, 9.17) is 4.74 Å². The molecule has 1 aliphatic heterocycles. The zero-order chi connectivity index (χ0) is 14.7. The second-order valence-electron chi connectivity index (χ2n) is 4.89. The van der Waals surface area contributed by atoms with Gasteiger partial charge in [-0.1, -0.05) is 6.92 Å². The first-order valence-electron chi connectivity index (χ1n) is 6.50. The normalized spacial score (nSPS) is 26.3. The van der Waals surface area contributed by atoms with Crippen LogP contribution in [-0.2, 0) is 4.74 Å². The predicted octanol–water partition coefficient (Wildman–Crippen LogP) is -0.0819. The van der Waals surface area contributed by atoms with Gasteiger partial charge in [-0.15, -0.1) is 0 Å². The van der Waals surface area contributed by atoms with Crippen molar-refractivity contribution >= 4 is 12.3 Å². The smallest absolute Gasteiger partial charge is 0.354 e. The van der Waals surface area contributed by atoms with E-state index >= 15 is 0 Å². The van der Waals surface area contributed by atoms with Crippen LogP contribution < -0.4 is 5.69 Å². The SMILES string of the molecule is CC[C@H]1O[C@@H](n2cnc(N=CN(C)C)nc2=O)CC1O. The summed E-state index contributed by atoms with van der Waals surface area (Å²) >= 11 is 0. The molecular weight excluding hydrogens is 262 g/mol. The fourth-order valence-corrected chi connectivity index (χ4v) is 2.02. The molecule has 1 aliphatic rings. The molecule has 3 atom stereocenters. The molecule has 0 aliphatic carbocycles. The van der Waals surface area contributed by atoms with E-state index in [1.807, 2.05) is 21.0 Å². The summed E-state index contributed by atoms with van der Waals surface area (Å²) in [6.45, 7) is 1.93. The van der Waals surface area contributed by atoms with Crippen molar-refractivity contribution in [2.24, 2.45) is 4.99 Å². The van der Waals surface area contributed by atoms with Crippen molar-refractivity contribution in [1.29, 1.82) is 0 Å². The van der Waals surface area contributed by atoms with Crippen LogP contribution in [0.2, 0.25) is 0 Å². The molecule has 2 rings (SSSR count). The van der Waals surface area contributed by atoms with Crippen LogP contribution in [0.5, 0.6) is 0 Å². The average molecular weight is 281 g/mol. The van der Waals surface area contributed by atoms with Crippen LogP contribution in [0.25, 0.3) is 0 Å². The molecule has 1 unspecified atom stereocenters. The van der Waals surface area contributed by atoms with E-state index in [0.29, 0.717) is 12.8 Å². The third-order valence-corrected chi connectivity index (χ3v) is 3.04. The summed E-state index contributed by atoms with van der Waals surface area (Å²) in [6, 6.07) is 0. The maximum Gasteiger partial charge on any atom is 0.354 e. The molecule has 20 heavy (non-hydrogen) atoms. The van der Waals surface area contributed by atoms with Gasteiger partial charge < -0.3 is 14.7 Å². The number of aliphatic hydroxyl groups is 1. The highest BCUT2D eigenvalue weighted by Crippen LogP contribution is 2.28. The third-order valence-electron chi connectivity index (χ3n) is 3.04. The minimum atomic E-state index is -0.566. The number of hydrogen-bond acceptors (Lipinski definition) is 6. The zero-order valence-corrected chi connectivity index (χ0v) is 11.8. The minimum Gasteiger partial charge on any atom is -0.390 e. The fraction of sp³-hybridized carbons (Fsp3) is 0.667. The van der Waals surface area contributed by atoms with Crippen molar-refractivity contribution in [3.8, 4) is 0 Å². The number of rotatable bonds is 4. The molecule has 110 valence electrons. The van der Waals surface area contributed by atoms with Gasteiger partial charge in [0.05, 0.1) is 18.5 Å². The number of aromatic nitrogens is 3. The highest BCUT2D eigenvalue weighted by Gasteiger charge is 2.34. The van der Waals surface area contributed by atoms with Crippen LogP contribution >= 0.6 is 0 Å². The van der Waals surface area contributed by atoms with Gasteiger partial charge in [0.2, 0.25) is 0 Å². The number of ether oxygens (including phenoxy) is 1. The molecule has 0 saturated carbocycles. The molecular formula is C12H19N5O3. The Hall–Kier alpha value is -1.80. The van der Waals surface area contributed by atoms with E-state index in [1.165, 1.54) is 17.2 Å². The summed E-state index contributed by atoms with van der Waals surface area (Å²) in [5, 5.41) is 9.80. The number of hydrogen-bond donors (Lipinski definition) is 1. The summed E-state index contributed by atoms with van der Waals surface area (Å²) in [5.41, 5.74) is -0.486. The van der Waals surface area contributed by atoms with Gasteiger partial charge in [0.15, 0.2) is 0 Å². The van der Waals surface area contributed by atoms with Gasteiger partial charge in [-0.05, 0) is 6.42 Å². The maximum absolute atomic E-state index is 11.9. The van der Waals surface area contributed by atoms with Crippen molar-refractivity contribution in [3.63, 3.8) is 0 Å². The van der Waals surface area contributed by atoms with Crippen LogP contribution in [0.3, 0.4) is 0 Å². The molecule has 0 amide bonds. The van der Waals surface area contributed by atoms with Gasteiger partial charge in [0.25, 0.3) is 5.95 Å². The molecule has 0 bridgehead atoms. The molecule has 1 saturated heterocycles. The molecule has 2 heterocycles. The third kappa shape index (κ3) is 3.20. The summed E-state index contributed by atoms with van der Waals surface area (Å²) in [4.78, 5) is 25.4. The lowest BCUT2D eigenvalue weighted by atomic mass is 10.1. The van der Waals surface area contributed by atoms with Crippen molar-refractivity contribution in [2.75, 3.05) is 14.1 Å². The van der Waals surface area contributed by atoms with Gasteiger partial charge in [-0.3, -0.25) is 4.57 Å². The van der Waals surface area contributed by atoms with E-state index in [2.05, 4.69) is 15.0 Å². The van der Waals surface area contributed by atoms with Crippen LogP contribution in [0.4, 0.5) is 5.95 Å². The van der Waals surface area contributed by atoms with Crippen LogP contribution in [0.15, 0.2) is 16.1 Å². The first kappa shape index (κ1) is 14.6. The quantitative estimate of drug-likeness (QED) is 0.613. The van der Waals surface area contributed by atoms with Crippen molar-refractivity contribution < 1.29 is 9.84 Å². The van der Waals surface area contributed by atoms with E-state index < -0.39 is 18.0 Å². The predicted molar refractivity (Wildman–Crippen MR) is 73.0 cm³/mol. The maximum atomic E-state index is 11.9. The Balaban J connectivity index is 2.17. The standard InChI is InChI=1S/C12H19N5O3/c1-4-9-8(18)5-10(20-9)17-7-14-11(15-12(17)19)13-6-16(2)3/h6-10,18H,4-5H2,1-3H3/t8?,9-,10-/m1/s1. The lowest BCUT2D eigenvalue weighted by molar-refractivity contribution is -0.0221. The molecule has 1 fully saturated rings. The number of nitrogens with zero attached hydrogens (tertiary/aromatic N) is 5. The fourth-order valence-electron chi connectivity index (χ4n) is 2.02. The van der Waals surface area contributed by atoms with E-state index in [0.717, 1.165) is 0 Å². The average Bonchev–Trinajstić information content (AvgIpc) is 2.77. The highest BCUT2D eigenvalue weighted by atomic mass is 16.5. The van der Waals surface area contributed by atoms with Gasteiger partial charge >= 0.3 is 5.69 Å². The molecule has 1 aromatic rings. The Bertz CT molecular complexity index is 542. The van der Waals surface area contributed by atoms with E-state index in [-0.39, 0.29) is 12.1 Å². The van der Waals surface area contributed by atoms with E-state index in [1.54, 1.807) is 4.90 Å². The lowest BCUT2D eigenvalue weighted by Crippen LogP contribution is -2.27. The highest BCUT2D eigenvalue weighted by molar-refractivity contribution is 5.57. The topological polar surface area (TPSA) is 92.8 Å². The second-order valence-corrected chi connectivity index (χ2v) is 4.89.